The molecule has 3 nitrogen and oxygen atoms in total. The Labute approximate surface area is 111 Å². The van der Waals surface area contributed by atoms with E-state index in [1.807, 2.05) is 0 Å². The van der Waals surface area contributed by atoms with Crippen LogP contribution in [0.25, 0.3) is 0 Å². The molecule has 102 valence electrons. The molecule has 2 atom stereocenters. The number of likely N-dealkylation sites (tertiary alicyclic amines) is 1. The number of aryl methyl sites for hydroxylation is 1. The zero-order chi connectivity index (χ0) is 13.4. The zero-order valence-corrected chi connectivity index (χ0v) is 12.4. The first-order valence-corrected chi connectivity index (χ1v) is 7.04. The topological polar surface area (TPSA) is 34.2 Å². The molecule has 2 rings (SSSR count). The van der Waals surface area contributed by atoms with Crippen LogP contribution in [-0.4, -0.2) is 29.1 Å². The van der Waals surface area contributed by atoms with Crippen LogP contribution in [0.2, 0.25) is 0 Å². The molecule has 2 N–H and O–H groups in total. The third kappa shape index (κ3) is 2.34. The third-order valence-electron chi connectivity index (χ3n) is 4.17. The van der Waals surface area contributed by atoms with Crippen LogP contribution in [0.1, 0.15) is 43.3 Å². The standard InChI is InChI=1S/C15H27N3/c1-10(2)9-18-11(3)8-13(12(18)4)15-14(16)6-7-17(15)5/h8,10,14-15H,6-7,9,16H2,1-5H3. The fourth-order valence-corrected chi connectivity index (χ4v) is 3.22. The quantitative estimate of drug-likeness (QED) is 0.893. The Hall–Kier alpha value is -0.800. The van der Waals surface area contributed by atoms with Crippen molar-refractivity contribution in [2.24, 2.45) is 11.7 Å². The molecule has 0 bridgehead atoms. The van der Waals surface area contributed by atoms with E-state index >= 15 is 0 Å². The highest BCUT2D eigenvalue weighted by molar-refractivity contribution is 5.32. The first kappa shape index (κ1) is 13.6. The van der Waals surface area contributed by atoms with Crippen molar-refractivity contribution in [1.29, 1.82) is 0 Å². The monoisotopic (exact) mass is 249 g/mol. The molecule has 1 saturated heterocycles. The smallest absolute Gasteiger partial charge is 0.0514 e. The van der Waals surface area contributed by atoms with Gasteiger partial charge in [0.05, 0.1) is 6.04 Å². The van der Waals surface area contributed by atoms with Crippen molar-refractivity contribution in [3.05, 3.63) is 23.0 Å². The minimum absolute atomic E-state index is 0.281. The normalized spacial score (nSPS) is 25.3. The van der Waals surface area contributed by atoms with Gasteiger partial charge in [-0.2, -0.15) is 0 Å². The van der Waals surface area contributed by atoms with Crippen molar-refractivity contribution in [2.45, 2.75) is 52.7 Å². The average Bonchev–Trinajstić information content (AvgIpc) is 2.73. The molecule has 18 heavy (non-hydrogen) atoms. The van der Waals surface area contributed by atoms with Crippen LogP contribution in [-0.2, 0) is 6.54 Å². The van der Waals surface area contributed by atoms with E-state index in [9.17, 15) is 0 Å². The molecule has 3 heteroatoms. The summed E-state index contributed by atoms with van der Waals surface area (Å²) < 4.78 is 2.44. The summed E-state index contributed by atoms with van der Waals surface area (Å²) in [5, 5.41) is 0. The molecule has 1 aliphatic heterocycles. The highest BCUT2D eigenvalue weighted by Gasteiger charge is 2.32. The third-order valence-corrected chi connectivity index (χ3v) is 4.17. The van der Waals surface area contributed by atoms with E-state index in [4.69, 9.17) is 5.73 Å². The summed E-state index contributed by atoms with van der Waals surface area (Å²) in [5.74, 6) is 0.678. The van der Waals surface area contributed by atoms with Gasteiger partial charge in [0.1, 0.15) is 0 Å². The molecule has 0 spiro atoms. The molecule has 1 aromatic rings. The maximum absolute atomic E-state index is 6.28. The first-order valence-electron chi connectivity index (χ1n) is 7.04. The van der Waals surface area contributed by atoms with Crippen molar-refractivity contribution in [3.63, 3.8) is 0 Å². The van der Waals surface area contributed by atoms with Gasteiger partial charge in [-0.25, -0.2) is 0 Å². The summed E-state index contributed by atoms with van der Waals surface area (Å²) in [6, 6.07) is 3.02. The SMILES string of the molecule is Cc1cc(C2C(N)CCN2C)c(C)n1CC(C)C. The number of aromatic nitrogens is 1. The van der Waals surface area contributed by atoms with Gasteiger partial charge in [0.2, 0.25) is 0 Å². The Kier molecular flexibility index (Phi) is 3.83. The second-order valence-electron chi connectivity index (χ2n) is 6.21. The lowest BCUT2D eigenvalue weighted by Crippen LogP contribution is -2.29. The fourth-order valence-electron chi connectivity index (χ4n) is 3.22. The molecule has 2 heterocycles. The van der Waals surface area contributed by atoms with Crippen molar-refractivity contribution < 1.29 is 0 Å². The lowest BCUT2D eigenvalue weighted by atomic mass is 10.0. The number of likely N-dealkylation sites (N-methyl/N-ethyl adjacent to an activating group) is 1. The lowest BCUT2D eigenvalue weighted by molar-refractivity contribution is 0.302. The van der Waals surface area contributed by atoms with Crippen molar-refractivity contribution in [1.82, 2.24) is 9.47 Å². The second-order valence-corrected chi connectivity index (χ2v) is 6.21. The van der Waals surface area contributed by atoms with Gasteiger partial charge in [0.15, 0.2) is 0 Å². The van der Waals surface area contributed by atoms with Crippen LogP contribution in [0.5, 0.6) is 0 Å². The van der Waals surface area contributed by atoms with Crippen molar-refractivity contribution in [2.75, 3.05) is 13.6 Å². The first-order chi connectivity index (χ1) is 8.41. The number of hydrogen-bond acceptors (Lipinski definition) is 2. The van der Waals surface area contributed by atoms with Gasteiger partial charge < -0.3 is 10.3 Å². The molecule has 0 radical (unpaired) electrons. The number of hydrogen-bond donors (Lipinski definition) is 1. The maximum atomic E-state index is 6.28. The summed E-state index contributed by atoms with van der Waals surface area (Å²) in [7, 11) is 2.19. The lowest BCUT2D eigenvalue weighted by Gasteiger charge is -2.23. The van der Waals surface area contributed by atoms with Gasteiger partial charge in [0.25, 0.3) is 0 Å². The van der Waals surface area contributed by atoms with Crippen LogP contribution >= 0.6 is 0 Å². The summed E-state index contributed by atoms with van der Waals surface area (Å²) in [4.78, 5) is 2.39. The van der Waals surface area contributed by atoms with Crippen LogP contribution in [0.3, 0.4) is 0 Å². The van der Waals surface area contributed by atoms with E-state index in [2.05, 4.69) is 50.3 Å². The van der Waals surface area contributed by atoms with E-state index in [0.29, 0.717) is 12.0 Å². The Balaban J connectivity index is 2.34. The van der Waals surface area contributed by atoms with Gasteiger partial charge in [-0.15, -0.1) is 0 Å². The highest BCUT2D eigenvalue weighted by Crippen LogP contribution is 2.33. The summed E-state index contributed by atoms with van der Waals surface area (Å²) in [5.41, 5.74) is 10.5. The Morgan fingerprint density at radius 3 is 2.56 bits per heavy atom. The van der Waals surface area contributed by atoms with Gasteiger partial charge in [-0.05, 0) is 44.9 Å². The van der Waals surface area contributed by atoms with Crippen molar-refractivity contribution >= 4 is 0 Å². The van der Waals surface area contributed by atoms with E-state index in [0.717, 1.165) is 19.5 Å². The predicted octanol–water partition coefficient (Wildman–Crippen LogP) is 2.46. The molecule has 1 fully saturated rings. The van der Waals surface area contributed by atoms with Gasteiger partial charge in [-0.3, -0.25) is 4.90 Å². The van der Waals surface area contributed by atoms with E-state index in [1.165, 1.54) is 17.0 Å². The van der Waals surface area contributed by atoms with E-state index < -0.39 is 0 Å². The molecule has 0 aliphatic carbocycles. The van der Waals surface area contributed by atoms with Crippen molar-refractivity contribution in [3.8, 4) is 0 Å². The molecule has 0 aromatic carbocycles. The highest BCUT2D eigenvalue weighted by atomic mass is 15.2. The second kappa shape index (κ2) is 5.06. The van der Waals surface area contributed by atoms with Crippen LogP contribution in [0, 0.1) is 19.8 Å². The molecular weight excluding hydrogens is 222 g/mol. The van der Waals surface area contributed by atoms with Gasteiger partial charge >= 0.3 is 0 Å². The van der Waals surface area contributed by atoms with Crippen LogP contribution in [0.4, 0.5) is 0 Å². The zero-order valence-electron chi connectivity index (χ0n) is 12.4. The summed E-state index contributed by atoms with van der Waals surface area (Å²) >= 11 is 0. The molecule has 1 aromatic heterocycles. The Morgan fingerprint density at radius 1 is 1.39 bits per heavy atom. The molecule has 1 aliphatic rings. The molecule has 0 amide bonds. The van der Waals surface area contributed by atoms with Crippen LogP contribution in [0.15, 0.2) is 6.07 Å². The number of rotatable bonds is 3. The van der Waals surface area contributed by atoms with Crippen LogP contribution < -0.4 is 5.73 Å². The number of nitrogens with zero attached hydrogens (tertiary/aromatic N) is 2. The fraction of sp³-hybridized carbons (Fsp3) is 0.733. The molecule has 0 saturated carbocycles. The van der Waals surface area contributed by atoms with E-state index in [1.54, 1.807) is 0 Å². The minimum atomic E-state index is 0.281. The minimum Gasteiger partial charge on any atom is -0.349 e. The Morgan fingerprint density at radius 2 is 2.06 bits per heavy atom. The molecular formula is C15H27N3. The predicted molar refractivity (Wildman–Crippen MR) is 76.7 cm³/mol. The van der Waals surface area contributed by atoms with E-state index in [-0.39, 0.29) is 6.04 Å². The summed E-state index contributed by atoms with van der Waals surface area (Å²) in [6.07, 6.45) is 1.11. The molecule has 2 unspecified atom stereocenters. The number of nitrogens with two attached hydrogens (primary N) is 1. The summed E-state index contributed by atoms with van der Waals surface area (Å²) in [6.45, 7) is 11.2. The largest absolute Gasteiger partial charge is 0.349 e. The average molecular weight is 249 g/mol. The van der Waals surface area contributed by atoms with Gasteiger partial charge in [0, 0.05) is 30.5 Å². The maximum Gasteiger partial charge on any atom is 0.0514 e. The Bertz CT molecular complexity index is 410. The van der Waals surface area contributed by atoms with Gasteiger partial charge in [-0.1, -0.05) is 13.8 Å².